The van der Waals surface area contributed by atoms with Crippen LogP contribution in [0.15, 0.2) is 12.3 Å². The molecule has 0 radical (unpaired) electrons. The van der Waals surface area contributed by atoms with Crippen molar-refractivity contribution in [3.05, 3.63) is 17.8 Å². The van der Waals surface area contributed by atoms with Crippen molar-refractivity contribution in [1.29, 1.82) is 5.26 Å². The quantitative estimate of drug-likeness (QED) is 0.782. The van der Waals surface area contributed by atoms with E-state index in [9.17, 15) is 5.11 Å². The first-order valence-corrected chi connectivity index (χ1v) is 4.59. The lowest BCUT2D eigenvalue weighted by atomic mass is 10.1. The van der Waals surface area contributed by atoms with E-state index in [-0.39, 0.29) is 0 Å². The monoisotopic (exact) mass is 206 g/mol. The Balaban J connectivity index is 2.92. The molecular formula is C10H14N4O. The maximum absolute atomic E-state index is 9.64. The Morgan fingerprint density at radius 2 is 2.27 bits per heavy atom. The van der Waals surface area contributed by atoms with Crippen molar-refractivity contribution in [3.8, 4) is 6.07 Å². The van der Waals surface area contributed by atoms with Gasteiger partial charge in [-0.2, -0.15) is 10.4 Å². The molecule has 5 nitrogen and oxygen atoms in total. The number of anilines is 1. The summed E-state index contributed by atoms with van der Waals surface area (Å²) in [5.41, 5.74) is -0.379. The third-order valence-corrected chi connectivity index (χ3v) is 1.81. The van der Waals surface area contributed by atoms with Gasteiger partial charge in [0.25, 0.3) is 0 Å². The molecule has 0 aliphatic heterocycles. The van der Waals surface area contributed by atoms with Gasteiger partial charge in [0, 0.05) is 13.6 Å². The van der Waals surface area contributed by atoms with Gasteiger partial charge in [-0.3, -0.25) is 0 Å². The van der Waals surface area contributed by atoms with Crippen molar-refractivity contribution >= 4 is 5.82 Å². The van der Waals surface area contributed by atoms with Crippen molar-refractivity contribution in [1.82, 2.24) is 10.2 Å². The van der Waals surface area contributed by atoms with Crippen LogP contribution in [0.25, 0.3) is 0 Å². The van der Waals surface area contributed by atoms with Gasteiger partial charge in [0.1, 0.15) is 6.07 Å². The lowest BCUT2D eigenvalue weighted by molar-refractivity contribution is 0.0884. The summed E-state index contributed by atoms with van der Waals surface area (Å²) in [6, 6.07) is 3.64. The molecule has 0 spiro atoms. The topological polar surface area (TPSA) is 73.0 Å². The van der Waals surface area contributed by atoms with Crippen molar-refractivity contribution in [2.45, 2.75) is 19.4 Å². The van der Waals surface area contributed by atoms with Crippen LogP contribution in [-0.2, 0) is 0 Å². The SMILES string of the molecule is CN(CC(C)(C)O)c1nnccc1C#N. The summed E-state index contributed by atoms with van der Waals surface area (Å²) in [5, 5.41) is 26.1. The van der Waals surface area contributed by atoms with Crippen LogP contribution in [0.5, 0.6) is 0 Å². The zero-order valence-electron chi connectivity index (χ0n) is 9.10. The van der Waals surface area contributed by atoms with E-state index >= 15 is 0 Å². The molecule has 1 aromatic heterocycles. The molecule has 0 saturated heterocycles. The van der Waals surface area contributed by atoms with Crippen LogP contribution in [0.3, 0.4) is 0 Å². The highest BCUT2D eigenvalue weighted by atomic mass is 16.3. The fourth-order valence-electron chi connectivity index (χ4n) is 1.35. The van der Waals surface area contributed by atoms with Crippen LogP contribution < -0.4 is 4.90 Å². The van der Waals surface area contributed by atoms with E-state index in [0.29, 0.717) is 17.9 Å². The molecule has 0 aliphatic carbocycles. The van der Waals surface area contributed by atoms with Gasteiger partial charge in [-0.25, -0.2) is 0 Å². The van der Waals surface area contributed by atoms with Crippen LogP contribution in [0.2, 0.25) is 0 Å². The predicted molar refractivity (Wildman–Crippen MR) is 56.3 cm³/mol. The standard InChI is InChI=1S/C10H14N4O/c1-10(2,15)7-14(3)9-8(6-11)4-5-12-13-9/h4-5,15H,7H2,1-3H3. The number of nitriles is 1. The number of aromatic nitrogens is 2. The highest BCUT2D eigenvalue weighted by Gasteiger charge is 2.18. The first-order valence-electron chi connectivity index (χ1n) is 4.59. The van der Waals surface area contributed by atoms with Crippen molar-refractivity contribution in [2.75, 3.05) is 18.5 Å². The van der Waals surface area contributed by atoms with Gasteiger partial charge in [-0.15, -0.1) is 5.10 Å². The summed E-state index contributed by atoms with van der Waals surface area (Å²) in [7, 11) is 1.77. The smallest absolute Gasteiger partial charge is 0.169 e. The summed E-state index contributed by atoms with van der Waals surface area (Å²) in [6.45, 7) is 3.79. The van der Waals surface area contributed by atoms with Gasteiger partial charge >= 0.3 is 0 Å². The minimum absolute atomic E-state index is 0.389. The average Bonchev–Trinajstić information content (AvgIpc) is 2.15. The number of nitrogens with zero attached hydrogens (tertiary/aromatic N) is 4. The summed E-state index contributed by atoms with van der Waals surface area (Å²) in [4.78, 5) is 1.71. The van der Waals surface area contributed by atoms with Crippen LogP contribution in [-0.4, -0.2) is 34.5 Å². The first kappa shape index (κ1) is 11.4. The fourth-order valence-corrected chi connectivity index (χ4v) is 1.35. The summed E-state index contributed by atoms with van der Waals surface area (Å²) < 4.78 is 0. The fraction of sp³-hybridized carbons (Fsp3) is 0.500. The minimum atomic E-state index is -0.834. The molecule has 15 heavy (non-hydrogen) atoms. The Bertz CT molecular complexity index is 378. The van der Waals surface area contributed by atoms with Gasteiger partial charge in [0.05, 0.1) is 17.4 Å². The second-order valence-electron chi connectivity index (χ2n) is 4.05. The molecule has 0 fully saturated rings. The third kappa shape index (κ3) is 3.18. The maximum atomic E-state index is 9.64. The van der Waals surface area contributed by atoms with E-state index < -0.39 is 5.60 Å². The minimum Gasteiger partial charge on any atom is -0.389 e. The highest BCUT2D eigenvalue weighted by molar-refractivity contribution is 5.52. The first-order chi connectivity index (χ1) is 6.94. The zero-order valence-corrected chi connectivity index (χ0v) is 9.10. The Hall–Kier alpha value is -1.67. The summed E-state index contributed by atoms with van der Waals surface area (Å²) in [6.07, 6.45) is 1.47. The number of hydrogen-bond donors (Lipinski definition) is 1. The molecule has 0 aromatic carbocycles. The third-order valence-electron chi connectivity index (χ3n) is 1.81. The Morgan fingerprint density at radius 3 is 2.80 bits per heavy atom. The van der Waals surface area contributed by atoms with Gasteiger partial charge in [-0.1, -0.05) is 0 Å². The largest absolute Gasteiger partial charge is 0.389 e. The predicted octanol–water partition coefficient (Wildman–Crippen LogP) is 0.555. The number of rotatable bonds is 3. The number of hydrogen-bond acceptors (Lipinski definition) is 5. The molecule has 1 aromatic rings. The second kappa shape index (κ2) is 4.24. The lowest BCUT2D eigenvalue weighted by Gasteiger charge is -2.26. The molecule has 0 amide bonds. The lowest BCUT2D eigenvalue weighted by Crippen LogP contribution is -2.37. The molecule has 5 heteroatoms. The van der Waals surface area contributed by atoms with Gasteiger partial charge in [0.15, 0.2) is 5.82 Å². The zero-order chi connectivity index (χ0) is 11.5. The van der Waals surface area contributed by atoms with Gasteiger partial charge in [0.2, 0.25) is 0 Å². The molecule has 1 heterocycles. The molecule has 80 valence electrons. The van der Waals surface area contributed by atoms with E-state index in [4.69, 9.17) is 5.26 Å². The molecule has 0 bridgehead atoms. The second-order valence-corrected chi connectivity index (χ2v) is 4.05. The Kier molecular flexibility index (Phi) is 3.22. The van der Waals surface area contributed by atoms with Gasteiger partial charge < -0.3 is 10.0 Å². The summed E-state index contributed by atoms with van der Waals surface area (Å²) in [5.74, 6) is 0.488. The normalized spacial score (nSPS) is 10.9. The maximum Gasteiger partial charge on any atom is 0.169 e. The van der Waals surface area contributed by atoms with Crippen molar-refractivity contribution in [3.63, 3.8) is 0 Å². The van der Waals surface area contributed by atoms with E-state index in [2.05, 4.69) is 10.2 Å². The van der Waals surface area contributed by atoms with E-state index in [1.165, 1.54) is 6.20 Å². The molecule has 0 atom stereocenters. The average molecular weight is 206 g/mol. The van der Waals surface area contributed by atoms with Crippen LogP contribution in [0.1, 0.15) is 19.4 Å². The molecule has 1 N–H and O–H groups in total. The molecular weight excluding hydrogens is 192 g/mol. The molecule has 0 aliphatic rings. The number of likely N-dealkylation sites (N-methyl/N-ethyl adjacent to an activating group) is 1. The Morgan fingerprint density at radius 1 is 1.60 bits per heavy atom. The van der Waals surface area contributed by atoms with E-state index in [1.807, 2.05) is 6.07 Å². The highest BCUT2D eigenvalue weighted by Crippen LogP contribution is 2.15. The van der Waals surface area contributed by atoms with Crippen LogP contribution in [0, 0.1) is 11.3 Å². The van der Waals surface area contributed by atoms with E-state index in [0.717, 1.165) is 0 Å². The molecule has 0 unspecified atom stereocenters. The van der Waals surface area contributed by atoms with Crippen molar-refractivity contribution < 1.29 is 5.11 Å². The number of aliphatic hydroxyl groups is 1. The van der Waals surface area contributed by atoms with Crippen LogP contribution >= 0.6 is 0 Å². The van der Waals surface area contributed by atoms with E-state index in [1.54, 1.807) is 31.9 Å². The van der Waals surface area contributed by atoms with Crippen LogP contribution in [0.4, 0.5) is 5.82 Å². The summed E-state index contributed by atoms with van der Waals surface area (Å²) >= 11 is 0. The molecule has 0 saturated carbocycles. The van der Waals surface area contributed by atoms with Crippen molar-refractivity contribution in [2.24, 2.45) is 0 Å². The molecule has 1 rings (SSSR count). The van der Waals surface area contributed by atoms with Gasteiger partial charge in [-0.05, 0) is 19.9 Å². The Labute approximate surface area is 89.0 Å².